The number of carbonyl (C=O) groups excluding carboxylic acids is 2. The van der Waals surface area contributed by atoms with Crippen molar-refractivity contribution in [2.24, 2.45) is 11.8 Å². The molecule has 0 aliphatic carbocycles. The van der Waals surface area contributed by atoms with Crippen molar-refractivity contribution in [1.29, 1.82) is 0 Å². The van der Waals surface area contributed by atoms with Gasteiger partial charge in [0.25, 0.3) is 0 Å². The van der Waals surface area contributed by atoms with E-state index in [1.54, 1.807) is 62.8 Å². The van der Waals surface area contributed by atoms with Gasteiger partial charge in [-0.1, -0.05) is 26.0 Å². The molecule has 0 amide bonds. The van der Waals surface area contributed by atoms with Gasteiger partial charge in [0.1, 0.15) is 0 Å². The van der Waals surface area contributed by atoms with Gasteiger partial charge in [-0.3, -0.25) is 9.59 Å². The lowest BCUT2D eigenvalue weighted by molar-refractivity contribution is 0.0287. The van der Waals surface area contributed by atoms with Crippen LogP contribution in [-0.2, 0) is 4.74 Å². The smallest absolute Gasteiger partial charge is 0.200 e. The molecule has 1 heterocycles. The molecule has 1 aliphatic rings. The molecule has 0 N–H and O–H groups in total. The van der Waals surface area contributed by atoms with E-state index in [1.165, 1.54) is 28.4 Å². The number of benzene rings is 4. The first kappa shape index (κ1) is 36.9. The van der Waals surface area contributed by atoms with E-state index in [-0.39, 0.29) is 48.8 Å². The highest BCUT2D eigenvalue weighted by Gasteiger charge is 2.41. The van der Waals surface area contributed by atoms with Gasteiger partial charge in [0.2, 0.25) is 0 Å². The fraction of sp³-hybridized carbons (Fsp3) is 0.350. The minimum absolute atomic E-state index is 0.152. The van der Waals surface area contributed by atoms with Crippen LogP contribution < -0.4 is 37.9 Å². The maximum absolute atomic E-state index is 12.9. The van der Waals surface area contributed by atoms with Crippen LogP contribution in [0.1, 0.15) is 57.9 Å². The quantitative estimate of drug-likeness (QED) is 0.109. The van der Waals surface area contributed by atoms with Gasteiger partial charge < -0.3 is 42.6 Å². The van der Waals surface area contributed by atoms with Crippen LogP contribution in [0.4, 0.5) is 0 Å². The lowest BCUT2D eigenvalue weighted by atomic mass is 9.85. The fourth-order valence-corrected chi connectivity index (χ4v) is 6.15. The van der Waals surface area contributed by atoms with Crippen LogP contribution in [0.2, 0.25) is 0 Å². The molecule has 1 saturated heterocycles. The van der Waals surface area contributed by atoms with Gasteiger partial charge in [-0.05, 0) is 83.6 Å². The Morgan fingerprint density at radius 3 is 1.16 bits per heavy atom. The maximum atomic E-state index is 12.9. The van der Waals surface area contributed by atoms with Crippen LogP contribution >= 0.6 is 0 Å². The van der Waals surface area contributed by atoms with Crippen molar-refractivity contribution in [2.75, 3.05) is 55.9 Å². The summed E-state index contributed by atoms with van der Waals surface area (Å²) in [7, 11) is 9.23. The second-order valence-electron chi connectivity index (χ2n) is 12.1. The molecule has 270 valence electrons. The molecular formula is C40H44O11. The van der Waals surface area contributed by atoms with E-state index < -0.39 is 0 Å². The number of Topliss-reactive ketones (excluding diaryl/α,β-unsaturated/α-hetero) is 2. The second-order valence-corrected chi connectivity index (χ2v) is 12.1. The topological polar surface area (TPSA) is 117 Å². The van der Waals surface area contributed by atoms with Crippen LogP contribution in [0.25, 0.3) is 0 Å². The Balaban J connectivity index is 1.25. The molecule has 11 nitrogen and oxygen atoms in total. The highest BCUT2D eigenvalue weighted by molar-refractivity contribution is 5.98. The van der Waals surface area contributed by atoms with E-state index in [0.717, 1.165) is 11.1 Å². The highest BCUT2D eigenvalue weighted by atomic mass is 16.5. The normalized spacial score (nSPS) is 18.0. The van der Waals surface area contributed by atoms with Gasteiger partial charge in [-0.25, -0.2) is 0 Å². The molecule has 0 unspecified atom stereocenters. The van der Waals surface area contributed by atoms with Gasteiger partial charge in [-0.2, -0.15) is 0 Å². The largest absolute Gasteiger partial charge is 0.493 e. The Bertz CT molecular complexity index is 1720. The van der Waals surface area contributed by atoms with E-state index in [0.29, 0.717) is 57.1 Å². The molecular weight excluding hydrogens is 656 g/mol. The predicted octanol–water partition coefficient (Wildman–Crippen LogP) is 7.35. The van der Waals surface area contributed by atoms with Crippen molar-refractivity contribution in [3.8, 4) is 46.0 Å². The van der Waals surface area contributed by atoms with Crippen LogP contribution in [0.15, 0.2) is 72.8 Å². The summed E-state index contributed by atoms with van der Waals surface area (Å²) >= 11 is 0. The third-order valence-corrected chi connectivity index (χ3v) is 9.24. The van der Waals surface area contributed by atoms with E-state index >= 15 is 0 Å². The molecule has 1 aliphatic heterocycles. The molecule has 0 radical (unpaired) electrons. The average molecular weight is 701 g/mol. The first-order valence-corrected chi connectivity index (χ1v) is 16.4. The average Bonchev–Trinajstić information content (AvgIpc) is 3.47. The van der Waals surface area contributed by atoms with Crippen molar-refractivity contribution in [3.63, 3.8) is 0 Å². The minimum atomic E-state index is -0.234. The molecule has 51 heavy (non-hydrogen) atoms. The van der Waals surface area contributed by atoms with E-state index in [4.69, 9.17) is 42.6 Å². The van der Waals surface area contributed by atoms with Crippen LogP contribution in [0, 0.1) is 11.8 Å². The standard InChI is InChI=1S/C40H44O11/c1-23-24(2)40(28-12-16-34(38(20-28)48-8)50-22-30(42)26-10-14-32(44-4)36(18-26)46-6)51-39(23)27-11-15-33(37(19-27)47-7)49-21-29(41)25-9-13-31(43-3)35(17-25)45-5/h9-20,23-24,39-40H,21-22H2,1-8H3/t23-,24-,39+,40+/m1/s1. The zero-order valence-corrected chi connectivity index (χ0v) is 30.1. The number of hydrogen-bond acceptors (Lipinski definition) is 11. The van der Waals surface area contributed by atoms with E-state index in [1.807, 2.05) is 24.3 Å². The second kappa shape index (κ2) is 16.5. The molecule has 0 saturated carbocycles. The highest BCUT2D eigenvalue weighted by Crippen LogP contribution is 2.50. The molecule has 11 heteroatoms. The summed E-state index contributed by atoms with van der Waals surface area (Å²) in [5, 5.41) is 0. The lowest BCUT2D eigenvalue weighted by Crippen LogP contribution is -2.13. The summed E-state index contributed by atoms with van der Waals surface area (Å²) in [5.41, 5.74) is 2.73. The Morgan fingerprint density at radius 1 is 0.471 bits per heavy atom. The first-order chi connectivity index (χ1) is 24.6. The molecule has 4 aromatic carbocycles. The minimum Gasteiger partial charge on any atom is -0.493 e. The molecule has 1 fully saturated rings. The molecule has 0 aromatic heterocycles. The predicted molar refractivity (Wildman–Crippen MR) is 190 cm³/mol. The Labute approximate surface area is 298 Å². The number of carbonyl (C=O) groups is 2. The molecule has 0 bridgehead atoms. The molecule has 0 spiro atoms. The summed E-state index contributed by atoms with van der Waals surface area (Å²) in [4.78, 5) is 25.8. The van der Waals surface area contributed by atoms with Gasteiger partial charge in [0, 0.05) is 11.1 Å². The maximum Gasteiger partial charge on any atom is 0.200 e. The van der Waals surface area contributed by atoms with Crippen molar-refractivity contribution in [1.82, 2.24) is 0 Å². The van der Waals surface area contributed by atoms with Crippen molar-refractivity contribution >= 4 is 11.6 Å². The Kier molecular flexibility index (Phi) is 11.9. The van der Waals surface area contributed by atoms with Crippen molar-refractivity contribution in [2.45, 2.75) is 26.1 Å². The Hall–Kier alpha value is -5.42. The van der Waals surface area contributed by atoms with E-state index in [2.05, 4.69) is 13.8 Å². The van der Waals surface area contributed by atoms with Gasteiger partial charge in [0.05, 0.1) is 54.9 Å². The Morgan fingerprint density at radius 2 is 0.804 bits per heavy atom. The van der Waals surface area contributed by atoms with Gasteiger partial charge >= 0.3 is 0 Å². The number of ketones is 2. The van der Waals surface area contributed by atoms with Gasteiger partial charge in [-0.15, -0.1) is 0 Å². The third kappa shape index (κ3) is 7.99. The number of methoxy groups -OCH3 is 6. The lowest BCUT2D eigenvalue weighted by Gasteiger charge is -2.19. The van der Waals surface area contributed by atoms with Crippen molar-refractivity contribution in [3.05, 3.63) is 95.1 Å². The van der Waals surface area contributed by atoms with Crippen LogP contribution in [0.3, 0.4) is 0 Å². The number of hydrogen-bond donors (Lipinski definition) is 0. The third-order valence-electron chi connectivity index (χ3n) is 9.24. The summed E-state index contributed by atoms with van der Waals surface area (Å²) in [5.74, 6) is 3.72. The summed E-state index contributed by atoms with van der Waals surface area (Å²) in [6, 6.07) is 21.2. The monoisotopic (exact) mass is 700 g/mol. The summed E-state index contributed by atoms with van der Waals surface area (Å²) < 4.78 is 51.0. The summed E-state index contributed by atoms with van der Waals surface area (Å²) in [6.07, 6.45) is -0.468. The molecule has 4 aromatic rings. The number of rotatable bonds is 16. The van der Waals surface area contributed by atoms with Gasteiger partial charge in [0.15, 0.2) is 70.8 Å². The summed E-state index contributed by atoms with van der Waals surface area (Å²) in [6.45, 7) is 3.93. The fourth-order valence-electron chi connectivity index (χ4n) is 6.15. The van der Waals surface area contributed by atoms with E-state index in [9.17, 15) is 9.59 Å². The van der Waals surface area contributed by atoms with Crippen LogP contribution in [-0.4, -0.2) is 67.4 Å². The van der Waals surface area contributed by atoms with Crippen LogP contribution in [0.5, 0.6) is 46.0 Å². The SMILES string of the molecule is COc1ccc(C(=O)COc2ccc([C@H]3O[C@H](c4ccc(OCC(=O)c5ccc(OC)c(OC)c5)c(OC)c4)[C@H](C)[C@H]3C)cc2OC)cc1OC. The first-order valence-electron chi connectivity index (χ1n) is 16.4. The molecule has 5 rings (SSSR count). The zero-order valence-electron chi connectivity index (χ0n) is 30.1. The number of ether oxygens (including phenoxy) is 9. The van der Waals surface area contributed by atoms with Crippen molar-refractivity contribution < 1.29 is 52.2 Å². The molecule has 4 atom stereocenters. The zero-order chi connectivity index (χ0) is 36.7.